The number of rotatable bonds is 4. The van der Waals surface area contributed by atoms with Gasteiger partial charge in [-0.2, -0.15) is 0 Å². The van der Waals surface area contributed by atoms with E-state index in [1.54, 1.807) is 0 Å². The van der Waals surface area contributed by atoms with Gasteiger partial charge in [0.2, 0.25) is 0 Å². The zero-order valence-corrected chi connectivity index (χ0v) is 12.4. The van der Waals surface area contributed by atoms with Crippen LogP contribution in [0.1, 0.15) is 31.7 Å². The number of hydrogen-bond acceptors (Lipinski definition) is 3. The van der Waals surface area contributed by atoms with Crippen molar-refractivity contribution in [2.45, 2.75) is 31.1 Å². The topological polar surface area (TPSA) is 29.3 Å². The van der Waals surface area contributed by atoms with E-state index in [4.69, 9.17) is 18.0 Å². The van der Waals surface area contributed by atoms with Crippen molar-refractivity contribution in [3.63, 3.8) is 0 Å². The predicted molar refractivity (Wildman–Crippen MR) is 84.8 cm³/mol. The lowest BCUT2D eigenvalue weighted by atomic mass is 10.1. The number of nitrogens with two attached hydrogens (primary N) is 1. The van der Waals surface area contributed by atoms with E-state index in [1.807, 2.05) is 11.8 Å². The molecule has 4 heteroatoms. The number of anilines is 1. The molecule has 1 fully saturated rings. The minimum absolute atomic E-state index is 0.520. The smallest absolute Gasteiger partial charge is 0.107 e. The van der Waals surface area contributed by atoms with Gasteiger partial charge in [-0.3, -0.25) is 0 Å². The normalized spacial score (nSPS) is 15.7. The first kappa shape index (κ1) is 13.7. The SMILES string of the molecule is CCSc1cccc(N2CCCCC2)c1C(N)=S. The molecule has 98 valence electrons. The first-order valence-electron chi connectivity index (χ1n) is 6.54. The summed E-state index contributed by atoms with van der Waals surface area (Å²) in [5.41, 5.74) is 8.24. The summed E-state index contributed by atoms with van der Waals surface area (Å²) < 4.78 is 0. The van der Waals surface area contributed by atoms with Crippen LogP contribution >= 0.6 is 24.0 Å². The van der Waals surface area contributed by atoms with Crippen LogP contribution < -0.4 is 10.6 Å². The standard InChI is InChI=1S/C14H20N2S2/c1-2-18-12-8-6-7-11(13(12)14(15)17)16-9-4-3-5-10-16/h6-8H,2-5,9-10H2,1H3,(H2,15,17). The van der Waals surface area contributed by atoms with E-state index in [0.29, 0.717) is 4.99 Å². The molecule has 2 N–H and O–H groups in total. The predicted octanol–water partition coefficient (Wildman–Crippen LogP) is 3.42. The van der Waals surface area contributed by atoms with Crippen LogP contribution in [-0.2, 0) is 0 Å². The van der Waals surface area contributed by atoms with Crippen LogP contribution in [0, 0.1) is 0 Å². The monoisotopic (exact) mass is 280 g/mol. The Morgan fingerprint density at radius 3 is 2.67 bits per heavy atom. The van der Waals surface area contributed by atoms with E-state index in [0.717, 1.165) is 24.4 Å². The lowest BCUT2D eigenvalue weighted by Gasteiger charge is -2.31. The van der Waals surface area contributed by atoms with Gasteiger partial charge in [-0.15, -0.1) is 11.8 Å². The maximum Gasteiger partial charge on any atom is 0.107 e. The van der Waals surface area contributed by atoms with Crippen LogP contribution in [0.3, 0.4) is 0 Å². The highest BCUT2D eigenvalue weighted by Gasteiger charge is 2.18. The van der Waals surface area contributed by atoms with Gasteiger partial charge in [0, 0.05) is 29.2 Å². The molecule has 1 aromatic rings. The van der Waals surface area contributed by atoms with Crippen molar-refractivity contribution < 1.29 is 0 Å². The molecule has 0 aromatic heterocycles. The molecule has 0 unspecified atom stereocenters. The molecule has 1 saturated heterocycles. The molecule has 1 aliphatic heterocycles. The van der Waals surface area contributed by atoms with Crippen LogP contribution in [0.2, 0.25) is 0 Å². The highest BCUT2D eigenvalue weighted by molar-refractivity contribution is 7.99. The first-order valence-corrected chi connectivity index (χ1v) is 7.94. The molecule has 0 atom stereocenters. The number of piperidine rings is 1. The van der Waals surface area contributed by atoms with Gasteiger partial charge >= 0.3 is 0 Å². The molecule has 2 rings (SSSR count). The van der Waals surface area contributed by atoms with Crippen molar-refractivity contribution >= 4 is 34.7 Å². The Hall–Kier alpha value is -0.740. The molecule has 0 saturated carbocycles. The van der Waals surface area contributed by atoms with Crippen molar-refractivity contribution in [3.05, 3.63) is 23.8 Å². The summed E-state index contributed by atoms with van der Waals surface area (Å²) in [6.45, 7) is 4.40. The Bertz CT molecular complexity index is 426. The second-order valence-corrected chi connectivity index (χ2v) is 6.24. The average molecular weight is 280 g/mol. The van der Waals surface area contributed by atoms with Crippen molar-refractivity contribution in [3.8, 4) is 0 Å². The summed E-state index contributed by atoms with van der Waals surface area (Å²) >= 11 is 7.07. The number of nitrogens with zero attached hydrogens (tertiary/aromatic N) is 1. The van der Waals surface area contributed by atoms with Crippen molar-refractivity contribution in [2.75, 3.05) is 23.7 Å². The van der Waals surface area contributed by atoms with Crippen LogP contribution in [0.25, 0.3) is 0 Å². The molecule has 0 amide bonds. The molecule has 0 spiro atoms. The third kappa shape index (κ3) is 2.98. The fourth-order valence-corrected chi connectivity index (χ4v) is 3.57. The first-order chi connectivity index (χ1) is 8.74. The van der Waals surface area contributed by atoms with Gasteiger partial charge < -0.3 is 10.6 Å². The number of thioether (sulfide) groups is 1. The molecule has 1 aliphatic rings. The fraction of sp³-hybridized carbons (Fsp3) is 0.500. The molecular weight excluding hydrogens is 260 g/mol. The van der Waals surface area contributed by atoms with Crippen LogP contribution in [-0.4, -0.2) is 23.8 Å². The Kier molecular flexibility index (Phi) is 4.89. The van der Waals surface area contributed by atoms with E-state index in [1.165, 1.54) is 29.8 Å². The van der Waals surface area contributed by atoms with Crippen molar-refractivity contribution in [1.82, 2.24) is 0 Å². The Balaban J connectivity index is 2.38. The van der Waals surface area contributed by atoms with E-state index in [-0.39, 0.29) is 0 Å². The molecule has 1 heterocycles. The maximum absolute atomic E-state index is 5.94. The highest BCUT2D eigenvalue weighted by atomic mass is 32.2. The van der Waals surface area contributed by atoms with E-state index >= 15 is 0 Å². The van der Waals surface area contributed by atoms with Gasteiger partial charge in [0.1, 0.15) is 4.99 Å². The second-order valence-electron chi connectivity index (χ2n) is 4.50. The van der Waals surface area contributed by atoms with E-state index in [2.05, 4.69) is 30.0 Å². The maximum atomic E-state index is 5.94. The summed E-state index contributed by atoms with van der Waals surface area (Å²) in [5.74, 6) is 1.04. The van der Waals surface area contributed by atoms with Crippen LogP contribution in [0.4, 0.5) is 5.69 Å². The number of benzene rings is 1. The molecular formula is C14H20N2S2. The Labute approximate surface area is 119 Å². The fourth-order valence-electron chi connectivity index (χ4n) is 2.44. The van der Waals surface area contributed by atoms with Crippen molar-refractivity contribution in [2.24, 2.45) is 5.73 Å². The summed E-state index contributed by atoms with van der Waals surface area (Å²) in [6, 6.07) is 6.39. The largest absolute Gasteiger partial charge is 0.389 e. The van der Waals surface area contributed by atoms with E-state index < -0.39 is 0 Å². The zero-order chi connectivity index (χ0) is 13.0. The van der Waals surface area contributed by atoms with Crippen LogP contribution in [0.15, 0.2) is 23.1 Å². The second kappa shape index (κ2) is 6.43. The van der Waals surface area contributed by atoms with Gasteiger partial charge in [0.25, 0.3) is 0 Å². The van der Waals surface area contributed by atoms with Gasteiger partial charge in [0.15, 0.2) is 0 Å². The Morgan fingerprint density at radius 2 is 2.06 bits per heavy atom. The summed E-state index contributed by atoms with van der Waals surface area (Å²) in [6.07, 6.45) is 3.87. The molecule has 1 aromatic carbocycles. The number of thiocarbonyl (C=S) groups is 1. The van der Waals surface area contributed by atoms with Gasteiger partial charge in [-0.1, -0.05) is 25.2 Å². The average Bonchev–Trinajstić information content (AvgIpc) is 2.39. The van der Waals surface area contributed by atoms with Gasteiger partial charge in [0.05, 0.1) is 0 Å². The highest BCUT2D eigenvalue weighted by Crippen LogP contribution is 2.32. The quantitative estimate of drug-likeness (QED) is 0.676. The summed E-state index contributed by atoms with van der Waals surface area (Å²) in [4.78, 5) is 4.16. The third-order valence-electron chi connectivity index (χ3n) is 3.25. The zero-order valence-electron chi connectivity index (χ0n) is 10.8. The van der Waals surface area contributed by atoms with E-state index in [9.17, 15) is 0 Å². The van der Waals surface area contributed by atoms with Crippen LogP contribution in [0.5, 0.6) is 0 Å². The lowest BCUT2D eigenvalue weighted by molar-refractivity contribution is 0.577. The minimum atomic E-state index is 0.520. The Morgan fingerprint density at radius 1 is 1.33 bits per heavy atom. The molecule has 18 heavy (non-hydrogen) atoms. The van der Waals surface area contributed by atoms with Gasteiger partial charge in [-0.25, -0.2) is 0 Å². The molecule has 0 radical (unpaired) electrons. The summed E-state index contributed by atoms with van der Waals surface area (Å²) in [7, 11) is 0. The van der Waals surface area contributed by atoms with Crippen molar-refractivity contribution in [1.29, 1.82) is 0 Å². The minimum Gasteiger partial charge on any atom is -0.389 e. The molecule has 2 nitrogen and oxygen atoms in total. The number of hydrogen-bond donors (Lipinski definition) is 1. The lowest BCUT2D eigenvalue weighted by Crippen LogP contribution is -2.31. The molecule has 0 bridgehead atoms. The summed E-state index contributed by atoms with van der Waals surface area (Å²) in [5, 5.41) is 0. The molecule has 0 aliphatic carbocycles. The third-order valence-corrected chi connectivity index (χ3v) is 4.39. The van der Waals surface area contributed by atoms with Gasteiger partial charge in [-0.05, 0) is 37.1 Å².